The minimum Gasteiger partial charge on any atom is -0.378 e. The molecular formula is C15H20N2O2. The molecule has 1 aromatic rings. The highest BCUT2D eigenvalue weighted by Gasteiger charge is 2.06. The second-order valence-corrected chi connectivity index (χ2v) is 4.89. The van der Waals surface area contributed by atoms with Crippen molar-refractivity contribution in [3.8, 4) is 0 Å². The molecule has 4 heteroatoms. The number of amides is 1. The van der Waals surface area contributed by atoms with Gasteiger partial charge in [-0.25, -0.2) is 0 Å². The molecule has 2 N–H and O–H groups in total. The molecule has 0 saturated heterocycles. The first kappa shape index (κ1) is 13.6. The van der Waals surface area contributed by atoms with Gasteiger partial charge in [-0.3, -0.25) is 9.59 Å². The number of Topliss-reactive ketones (excluding diaryl/α,β-unsaturated/α-hetero) is 1. The summed E-state index contributed by atoms with van der Waals surface area (Å²) in [4.78, 5) is 23.5. The van der Waals surface area contributed by atoms with Crippen LogP contribution in [-0.2, 0) is 4.79 Å². The summed E-state index contributed by atoms with van der Waals surface area (Å²) < 4.78 is 0. The number of rotatable bonds is 0. The molecule has 4 nitrogen and oxygen atoms in total. The van der Waals surface area contributed by atoms with Gasteiger partial charge < -0.3 is 10.6 Å². The summed E-state index contributed by atoms with van der Waals surface area (Å²) in [6.45, 7) is 1.07. The van der Waals surface area contributed by atoms with Crippen molar-refractivity contribution < 1.29 is 9.59 Å². The first-order valence-corrected chi connectivity index (χ1v) is 6.89. The number of hydrogen-bond donors (Lipinski definition) is 2. The van der Waals surface area contributed by atoms with Gasteiger partial charge in [0.05, 0.1) is 6.54 Å². The SMILES string of the molecule is O=C1CCCCCCNC(=O)c2ccc(cc2)NC1. The second kappa shape index (κ2) is 6.92. The van der Waals surface area contributed by atoms with Crippen LogP contribution in [0.3, 0.4) is 0 Å². The molecule has 0 radical (unpaired) electrons. The summed E-state index contributed by atoms with van der Waals surface area (Å²) in [5.41, 5.74) is 1.53. The molecule has 19 heavy (non-hydrogen) atoms. The molecule has 0 fully saturated rings. The van der Waals surface area contributed by atoms with Crippen molar-refractivity contribution in [2.75, 3.05) is 18.4 Å². The molecule has 1 amide bonds. The van der Waals surface area contributed by atoms with E-state index in [4.69, 9.17) is 0 Å². The predicted molar refractivity (Wildman–Crippen MR) is 75.4 cm³/mol. The van der Waals surface area contributed by atoms with Crippen molar-refractivity contribution in [2.24, 2.45) is 0 Å². The van der Waals surface area contributed by atoms with E-state index in [0.717, 1.165) is 31.4 Å². The van der Waals surface area contributed by atoms with Crippen LogP contribution in [0.2, 0.25) is 0 Å². The monoisotopic (exact) mass is 260 g/mol. The summed E-state index contributed by atoms with van der Waals surface area (Å²) in [5.74, 6) is 0.214. The lowest BCUT2D eigenvalue weighted by atomic mass is 10.1. The third kappa shape index (κ3) is 4.39. The molecule has 0 spiro atoms. The molecule has 1 aromatic carbocycles. The normalized spacial score (nSPS) is 18.1. The fourth-order valence-corrected chi connectivity index (χ4v) is 2.13. The summed E-state index contributed by atoms with van der Waals surface area (Å²) in [7, 11) is 0. The van der Waals surface area contributed by atoms with Gasteiger partial charge in [-0.05, 0) is 37.1 Å². The molecule has 2 heterocycles. The topological polar surface area (TPSA) is 58.2 Å². The third-order valence-electron chi connectivity index (χ3n) is 3.30. The van der Waals surface area contributed by atoms with Crippen molar-refractivity contribution in [3.05, 3.63) is 29.8 Å². The fraction of sp³-hybridized carbons (Fsp3) is 0.467. The molecule has 0 atom stereocenters. The van der Waals surface area contributed by atoms with E-state index in [-0.39, 0.29) is 11.7 Å². The van der Waals surface area contributed by atoms with Crippen LogP contribution in [0.1, 0.15) is 42.5 Å². The van der Waals surface area contributed by atoms with Crippen LogP contribution in [-0.4, -0.2) is 24.8 Å². The average molecular weight is 260 g/mol. The zero-order chi connectivity index (χ0) is 13.5. The summed E-state index contributed by atoms with van der Waals surface area (Å²) in [5, 5.41) is 6.00. The maximum absolute atomic E-state index is 11.8. The maximum Gasteiger partial charge on any atom is 0.251 e. The van der Waals surface area contributed by atoms with Crippen LogP contribution >= 0.6 is 0 Å². The largest absolute Gasteiger partial charge is 0.378 e. The Morgan fingerprint density at radius 1 is 0.842 bits per heavy atom. The lowest BCUT2D eigenvalue weighted by molar-refractivity contribution is -0.117. The number of carbonyl (C=O) groups is 2. The van der Waals surface area contributed by atoms with Gasteiger partial charge in [0.1, 0.15) is 0 Å². The molecular weight excluding hydrogens is 240 g/mol. The second-order valence-electron chi connectivity index (χ2n) is 4.89. The highest BCUT2D eigenvalue weighted by atomic mass is 16.1. The first-order valence-electron chi connectivity index (χ1n) is 6.89. The zero-order valence-electron chi connectivity index (χ0n) is 11.1. The van der Waals surface area contributed by atoms with Crippen molar-refractivity contribution in [3.63, 3.8) is 0 Å². The Morgan fingerprint density at radius 3 is 2.37 bits per heavy atom. The van der Waals surface area contributed by atoms with Crippen LogP contribution in [0.5, 0.6) is 0 Å². The highest BCUT2D eigenvalue weighted by Crippen LogP contribution is 2.11. The molecule has 0 aliphatic carbocycles. The predicted octanol–water partition coefficient (Wildman–Crippen LogP) is 2.36. The van der Waals surface area contributed by atoms with Crippen LogP contribution in [0, 0.1) is 0 Å². The number of anilines is 1. The van der Waals surface area contributed by atoms with E-state index in [1.54, 1.807) is 12.1 Å². The minimum atomic E-state index is -0.0301. The molecule has 3 rings (SSSR count). The first-order chi connectivity index (χ1) is 9.25. The zero-order valence-corrected chi connectivity index (χ0v) is 11.1. The van der Waals surface area contributed by atoms with Crippen LogP contribution in [0.4, 0.5) is 5.69 Å². The van der Waals surface area contributed by atoms with Crippen LogP contribution in [0.15, 0.2) is 24.3 Å². The molecule has 2 bridgehead atoms. The summed E-state index contributed by atoms with van der Waals surface area (Å²) in [6, 6.07) is 7.23. The molecule has 0 aromatic heterocycles. The van der Waals surface area contributed by atoms with E-state index >= 15 is 0 Å². The Morgan fingerprint density at radius 2 is 1.58 bits per heavy atom. The number of fused-ring (bicyclic) bond motifs is 12. The number of nitrogens with one attached hydrogen (secondary N) is 2. The van der Waals surface area contributed by atoms with Crippen molar-refractivity contribution >= 4 is 17.4 Å². The smallest absolute Gasteiger partial charge is 0.251 e. The van der Waals surface area contributed by atoms with E-state index in [1.165, 1.54) is 0 Å². The average Bonchev–Trinajstić information content (AvgIpc) is 2.44. The molecule has 102 valence electrons. The number of ketones is 1. The van der Waals surface area contributed by atoms with Gasteiger partial charge in [0.25, 0.3) is 5.91 Å². The van der Waals surface area contributed by atoms with Crippen molar-refractivity contribution in [1.82, 2.24) is 5.32 Å². The van der Waals surface area contributed by atoms with Gasteiger partial charge in [0.15, 0.2) is 5.78 Å². The minimum absolute atomic E-state index is 0.0301. The molecule has 0 saturated carbocycles. The number of benzene rings is 1. The number of hydrogen-bond acceptors (Lipinski definition) is 3. The lowest BCUT2D eigenvalue weighted by Gasteiger charge is -2.07. The Hall–Kier alpha value is -1.84. The van der Waals surface area contributed by atoms with Crippen LogP contribution < -0.4 is 10.6 Å². The Kier molecular flexibility index (Phi) is 4.95. The van der Waals surface area contributed by atoms with Crippen LogP contribution in [0.25, 0.3) is 0 Å². The Balaban J connectivity index is 2.03. The third-order valence-corrected chi connectivity index (χ3v) is 3.30. The molecule has 2 aliphatic rings. The summed E-state index contributed by atoms with van der Waals surface area (Å²) >= 11 is 0. The Labute approximate surface area is 113 Å². The van der Waals surface area contributed by atoms with E-state index < -0.39 is 0 Å². The maximum atomic E-state index is 11.8. The van der Waals surface area contributed by atoms with Gasteiger partial charge in [0, 0.05) is 24.2 Å². The fourth-order valence-electron chi connectivity index (χ4n) is 2.13. The lowest BCUT2D eigenvalue weighted by Crippen LogP contribution is -2.24. The quantitative estimate of drug-likeness (QED) is 0.753. The van der Waals surface area contributed by atoms with Gasteiger partial charge >= 0.3 is 0 Å². The molecule has 2 aliphatic heterocycles. The van der Waals surface area contributed by atoms with Gasteiger partial charge in [0.2, 0.25) is 0 Å². The highest BCUT2D eigenvalue weighted by molar-refractivity contribution is 5.94. The van der Waals surface area contributed by atoms with E-state index in [2.05, 4.69) is 10.6 Å². The van der Waals surface area contributed by atoms with Crippen molar-refractivity contribution in [1.29, 1.82) is 0 Å². The van der Waals surface area contributed by atoms with E-state index in [1.807, 2.05) is 12.1 Å². The number of carbonyl (C=O) groups excluding carboxylic acids is 2. The Bertz CT molecular complexity index is 440. The van der Waals surface area contributed by atoms with E-state index in [9.17, 15) is 9.59 Å². The van der Waals surface area contributed by atoms with Crippen molar-refractivity contribution in [2.45, 2.75) is 32.1 Å². The standard InChI is InChI=1S/C15H20N2O2/c18-14-5-3-1-2-4-10-16-15(19)12-6-8-13(9-7-12)17-11-14/h6-9,17H,1-5,10-11H2,(H,16,19). The molecule has 0 unspecified atom stereocenters. The van der Waals surface area contributed by atoms with Gasteiger partial charge in [-0.1, -0.05) is 12.8 Å². The van der Waals surface area contributed by atoms with Gasteiger partial charge in [-0.15, -0.1) is 0 Å². The van der Waals surface area contributed by atoms with E-state index in [0.29, 0.717) is 25.1 Å². The summed E-state index contributed by atoms with van der Waals surface area (Å²) in [6.07, 6.45) is 4.64. The van der Waals surface area contributed by atoms with Gasteiger partial charge in [-0.2, -0.15) is 0 Å².